The van der Waals surface area contributed by atoms with Gasteiger partial charge in [-0.3, -0.25) is 0 Å². The van der Waals surface area contributed by atoms with Crippen molar-refractivity contribution in [3.8, 4) is 0 Å². The largest absolute Gasteiger partial charge is 0.314 e. The van der Waals surface area contributed by atoms with Crippen LogP contribution in [0.5, 0.6) is 0 Å². The quantitative estimate of drug-likeness (QED) is 0.803. The third kappa shape index (κ3) is 2.13. The molecule has 76 valence electrons. The molecule has 1 fully saturated rings. The zero-order valence-electron chi connectivity index (χ0n) is 7.69. The zero-order chi connectivity index (χ0) is 9.97. The Morgan fingerprint density at radius 1 is 1.36 bits per heavy atom. The van der Waals surface area contributed by atoms with Crippen molar-refractivity contribution in [2.45, 2.75) is 6.04 Å². The van der Waals surface area contributed by atoms with Crippen molar-refractivity contribution in [3.63, 3.8) is 0 Å². The number of hydrogen-bond acceptors (Lipinski definition) is 2. The van der Waals surface area contributed by atoms with Crippen molar-refractivity contribution in [1.82, 2.24) is 10.6 Å². The molecular formula is C10H12BrFN2. The second kappa shape index (κ2) is 4.38. The van der Waals surface area contributed by atoms with Crippen LogP contribution in [0, 0.1) is 5.82 Å². The molecule has 1 aliphatic rings. The summed E-state index contributed by atoms with van der Waals surface area (Å²) < 4.78 is 13.5. The Bertz CT molecular complexity index is 324. The van der Waals surface area contributed by atoms with Crippen molar-refractivity contribution in [2.24, 2.45) is 0 Å². The minimum absolute atomic E-state index is 0.211. The lowest BCUT2D eigenvalue weighted by Crippen LogP contribution is -2.42. The number of hydrogen-bond donors (Lipinski definition) is 2. The van der Waals surface area contributed by atoms with E-state index in [2.05, 4.69) is 26.6 Å². The molecule has 14 heavy (non-hydrogen) atoms. The summed E-state index contributed by atoms with van der Waals surface area (Å²) in [5, 5.41) is 6.67. The Morgan fingerprint density at radius 3 is 2.86 bits per heavy atom. The molecule has 0 aromatic heterocycles. The fraction of sp³-hybridized carbons (Fsp3) is 0.400. The Kier molecular flexibility index (Phi) is 3.15. The number of nitrogens with one attached hydrogen (secondary N) is 2. The van der Waals surface area contributed by atoms with Crippen LogP contribution in [0.3, 0.4) is 0 Å². The maximum Gasteiger partial charge on any atom is 0.137 e. The van der Waals surface area contributed by atoms with E-state index in [0.717, 1.165) is 25.2 Å². The molecule has 1 heterocycles. The van der Waals surface area contributed by atoms with Gasteiger partial charge < -0.3 is 10.6 Å². The van der Waals surface area contributed by atoms with Crippen molar-refractivity contribution in [1.29, 1.82) is 0 Å². The third-order valence-corrected chi connectivity index (χ3v) is 2.99. The standard InChI is InChI=1S/C10H12BrFN2/c11-8-5-7(1-2-9(8)12)10-6-13-3-4-14-10/h1-2,5,10,13-14H,3-4,6H2. The molecular weight excluding hydrogens is 247 g/mol. The van der Waals surface area contributed by atoms with Gasteiger partial charge in [0.25, 0.3) is 0 Å². The smallest absolute Gasteiger partial charge is 0.137 e. The van der Waals surface area contributed by atoms with Gasteiger partial charge in [0.15, 0.2) is 0 Å². The summed E-state index contributed by atoms with van der Waals surface area (Å²) in [5.74, 6) is -0.211. The Balaban J connectivity index is 2.18. The van der Waals surface area contributed by atoms with Crippen molar-refractivity contribution < 1.29 is 4.39 Å². The highest BCUT2D eigenvalue weighted by Crippen LogP contribution is 2.21. The molecule has 0 bridgehead atoms. The van der Waals surface area contributed by atoms with E-state index in [1.165, 1.54) is 6.07 Å². The normalized spacial score (nSPS) is 22.3. The minimum atomic E-state index is -0.211. The summed E-state index contributed by atoms with van der Waals surface area (Å²) in [5.41, 5.74) is 1.12. The lowest BCUT2D eigenvalue weighted by atomic mass is 10.1. The molecule has 1 saturated heterocycles. The van der Waals surface area contributed by atoms with E-state index >= 15 is 0 Å². The summed E-state index contributed by atoms with van der Waals surface area (Å²) in [4.78, 5) is 0. The van der Waals surface area contributed by atoms with Crippen LogP contribution in [0.2, 0.25) is 0 Å². The van der Waals surface area contributed by atoms with Crippen molar-refractivity contribution >= 4 is 15.9 Å². The first-order chi connectivity index (χ1) is 6.77. The summed E-state index contributed by atoms with van der Waals surface area (Å²) in [6.45, 7) is 2.86. The molecule has 2 rings (SSSR count). The lowest BCUT2D eigenvalue weighted by Gasteiger charge is -2.25. The molecule has 0 saturated carbocycles. The number of piperazine rings is 1. The van der Waals surface area contributed by atoms with Gasteiger partial charge in [0.2, 0.25) is 0 Å². The summed E-state index contributed by atoms with van der Waals surface area (Å²) in [7, 11) is 0. The van der Waals surface area contributed by atoms with E-state index in [-0.39, 0.29) is 5.82 Å². The zero-order valence-corrected chi connectivity index (χ0v) is 9.27. The number of rotatable bonds is 1. The van der Waals surface area contributed by atoms with Crippen LogP contribution in [-0.2, 0) is 0 Å². The molecule has 1 aromatic carbocycles. The van der Waals surface area contributed by atoms with Crippen LogP contribution in [0.1, 0.15) is 11.6 Å². The average Bonchev–Trinajstić information content (AvgIpc) is 2.23. The van der Waals surface area contributed by atoms with Gasteiger partial charge in [0.1, 0.15) is 5.82 Å². The molecule has 1 aromatic rings. The van der Waals surface area contributed by atoms with Gasteiger partial charge in [-0.05, 0) is 33.6 Å². The molecule has 1 aliphatic heterocycles. The number of halogens is 2. The van der Waals surface area contributed by atoms with E-state index < -0.39 is 0 Å². The maximum atomic E-state index is 13.0. The van der Waals surface area contributed by atoms with Gasteiger partial charge in [-0.1, -0.05) is 6.07 Å². The van der Waals surface area contributed by atoms with Gasteiger partial charge in [-0.15, -0.1) is 0 Å². The van der Waals surface area contributed by atoms with Crippen molar-refractivity contribution in [2.75, 3.05) is 19.6 Å². The molecule has 2 nitrogen and oxygen atoms in total. The van der Waals surface area contributed by atoms with Gasteiger partial charge in [0.05, 0.1) is 4.47 Å². The first-order valence-corrected chi connectivity index (χ1v) is 5.46. The Labute approximate surface area is 91.0 Å². The van der Waals surface area contributed by atoms with Crippen molar-refractivity contribution in [3.05, 3.63) is 34.1 Å². The topological polar surface area (TPSA) is 24.1 Å². The van der Waals surface area contributed by atoms with E-state index in [4.69, 9.17) is 0 Å². The maximum absolute atomic E-state index is 13.0. The SMILES string of the molecule is Fc1ccc(C2CNCCN2)cc1Br. The van der Waals surface area contributed by atoms with Crippen LogP contribution < -0.4 is 10.6 Å². The van der Waals surface area contributed by atoms with Crippen LogP contribution >= 0.6 is 15.9 Å². The average molecular weight is 259 g/mol. The molecule has 0 amide bonds. The summed E-state index contributed by atoms with van der Waals surface area (Å²) >= 11 is 3.19. The van der Waals surface area contributed by atoms with E-state index in [0.29, 0.717) is 10.5 Å². The molecule has 0 radical (unpaired) electrons. The third-order valence-electron chi connectivity index (χ3n) is 2.39. The van der Waals surface area contributed by atoms with E-state index in [9.17, 15) is 4.39 Å². The predicted octanol–water partition coefficient (Wildman–Crippen LogP) is 1.82. The Morgan fingerprint density at radius 2 is 2.21 bits per heavy atom. The summed E-state index contributed by atoms with van der Waals surface area (Å²) in [6, 6.07) is 5.45. The fourth-order valence-corrected chi connectivity index (χ4v) is 2.01. The molecule has 1 atom stereocenters. The number of benzene rings is 1. The van der Waals surface area contributed by atoms with Crippen LogP contribution in [0.4, 0.5) is 4.39 Å². The highest BCUT2D eigenvalue weighted by Gasteiger charge is 2.14. The van der Waals surface area contributed by atoms with Gasteiger partial charge in [-0.2, -0.15) is 0 Å². The van der Waals surface area contributed by atoms with Gasteiger partial charge in [-0.25, -0.2) is 4.39 Å². The summed E-state index contributed by atoms with van der Waals surface area (Å²) in [6.07, 6.45) is 0. The predicted molar refractivity (Wildman–Crippen MR) is 57.7 cm³/mol. The van der Waals surface area contributed by atoms with Gasteiger partial charge in [0, 0.05) is 25.7 Å². The first kappa shape index (κ1) is 10.1. The molecule has 4 heteroatoms. The molecule has 1 unspecified atom stereocenters. The second-order valence-corrected chi connectivity index (χ2v) is 4.24. The van der Waals surface area contributed by atoms with E-state index in [1.54, 1.807) is 0 Å². The molecule has 0 aliphatic carbocycles. The molecule has 2 N–H and O–H groups in total. The van der Waals surface area contributed by atoms with Crippen LogP contribution in [0.25, 0.3) is 0 Å². The van der Waals surface area contributed by atoms with Gasteiger partial charge >= 0.3 is 0 Å². The highest BCUT2D eigenvalue weighted by atomic mass is 79.9. The Hall–Kier alpha value is -0.450. The second-order valence-electron chi connectivity index (χ2n) is 3.38. The van der Waals surface area contributed by atoms with Crippen LogP contribution in [-0.4, -0.2) is 19.6 Å². The highest BCUT2D eigenvalue weighted by molar-refractivity contribution is 9.10. The lowest BCUT2D eigenvalue weighted by molar-refractivity contribution is 0.429. The molecule has 0 spiro atoms. The van der Waals surface area contributed by atoms with Crippen LogP contribution in [0.15, 0.2) is 22.7 Å². The monoisotopic (exact) mass is 258 g/mol. The minimum Gasteiger partial charge on any atom is -0.314 e. The fourth-order valence-electron chi connectivity index (χ4n) is 1.62. The first-order valence-electron chi connectivity index (χ1n) is 4.66. The van der Waals surface area contributed by atoms with E-state index in [1.807, 2.05) is 12.1 Å².